The summed E-state index contributed by atoms with van der Waals surface area (Å²) in [6.45, 7) is 1.13. The van der Waals surface area contributed by atoms with Gasteiger partial charge in [-0.15, -0.1) is 0 Å². The topological polar surface area (TPSA) is 78.5 Å². The summed E-state index contributed by atoms with van der Waals surface area (Å²) in [6, 6.07) is 22.9. The van der Waals surface area contributed by atoms with Crippen molar-refractivity contribution in [2.45, 2.75) is 17.9 Å². The van der Waals surface area contributed by atoms with Crippen LogP contribution in [0.25, 0.3) is 0 Å². The number of nitrogens with zero attached hydrogens (tertiary/aromatic N) is 1. The average molecular weight is 438 g/mol. The Labute approximate surface area is 184 Å². The van der Waals surface area contributed by atoms with Crippen molar-refractivity contribution in [2.24, 2.45) is 0 Å². The average Bonchev–Trinajstić information content (AvgIpc) is 2.78. The van der Waals surface area contributed by atoms with Crippen LogP contribution < -0.4 is 10.0 Å². The normalized spacial score (nSPS) is 11.5. The molecule has 0 unspecified atom stereocenters. The summed E-state index contributed by atoms with van der Waals surface area (Å²) in [6.07, 6.45) is 0.928. The number of rotatable bonds is 9. The molecule has 0 aliphatic heterocycles. The van der Waals surface area contributed by atoms with Crippen molar-refractivity contribution >= 4 is 21.6 Å². The zero-order chi connectivity index (χ0) is 22.3. The summed E-state index contributed by atoms with van der Waals surface area (Å²) >= 11 is 0. The number of hydrogen-bond donors (Lipinski definition) is 2. The monoisotopic (exact) mass is 437 g/mol. The minimum absolute atomic E-state index is 0.0510. The van der Waals surface area contributed by atoms with E-state index in [1.807, 2.05) is 68.7 Å². The van der Waals surface area contributed by atoms with Gasteiger partial charge in [-0.3, -0.25) is 4.79 Å². The number of nitrogens with one attached hydrogen (secondary N) is 2. The van der Waals surface area contributed by atoms with Crippen molar-refractivity contribution in [3.63, 3.8) is 0 Å². The molecular weight excluding hydrogens is 410 g/mol. The second-order valence-electron chi connectivity index (χ2n) is 7.54. The Morgan fingerprint density at radius 1 is 0.871 bits per heavy atom. The molecule has 3 rings (SSSR count). The maximum Gasteiger partial charge on any atom is 0.255 e. The zero-order valence-electron chi connectivity index (χ0n) is 17.7. The van der Waals surface area contributed by atoms with Crippen LogP contribution >= 0.6 is 0 Å². The fraction of sp³-hybridized carbons (Fsp3) is 0.208. The predicted octanol–water partition coefficient (Wildman–Crippen LogP) is 3.52. The lowest BCUT2D eigenvalue weighted by molar-refractivity contribution is 0.102. The van der Waals surface area contributed by atoms with E-state index in [9.17, 15) is 13.2 Å². The Morgan fingerprint density at radius 3 is 2.26 bits per heavy atom. The quantitative estimate of drug-likeness (QED) is 0.537. The van der Waals surface area contributed by atoms with Crippen molar-refractivity contribution in [3.05, 3.63) is 95.6 Å². The molecule has 0 spiro atoms. The van der Waals surface area contributed by atoms with Crippen molar-refractivity contribution in [1.82, 2.24) is 9.62 Å². The van der Waals surface area contributed by atoms with Crippen molar-refractivity contribution in [3.8, 4) is 0 Å². The van der Waals surface area contributed by atoms with Crippen molar-refractivity contribution in [1.29, 1.82) is 0 Å². The lowest BCUT2D eigenvalue weighted by Crippen LogP contribution is -2.23. The van der Waals surface area contributed by atoms with Gasteiger partial charge in [-0.2, -0.15) is 0 Å². The number of amides is 1. The van der Waals surface area contributed by atoms with Crippen molar-refractivity contribution < 1.29 is 13.2 Å². The number of likely N-dealkylation sites (N-methyl/N-ethyl adjacent to an activating group) is 1. The highest BCUT2D eigenvalue weighted by atomic mass is 32.2. The highest BCUT2D eigenvalue weighted by molar-refractivity contribution is 7.89. The molecule has 1 amide bonds. The first kappa shape index (κ1) is 22.7. The van der Waals surface area contributed by atoms with Gasteiger partial charge in [0.2, 0.25) is 10.0 Å². The second-order valence-corrected chi connectivity index (χ2v) is 9.31. The Hall–Kier alpha value is -3.00. The number of hydrogen-bond acceptors (Lipinski definition) is 4. The van der Waals surface area contributed by atoms with E-state index in [-0.39, 0.29) is 22.9 Å². The summed E-state index contributed by atoms with van der Waals surface area (Å²) in [4.78, 5) is 14.8. The second kappa shape index (κ2) is 10.3. The molecule has 0 aliphatic carbocycles. The maximum absolute atomic E-state index is 12.6. The molecule has 0 saturated carbocycles. The van der Waals surface area contributed by atoms with E-state index in [0.717, 1.165) is 18.5 Å². The Balaban J connectivity index is 1.65. The van der Waals surface area contributed by atoms with Crippen LogP contribution in [0.2, 0.25) is 0 Å². The van der Waals surface area contributed by atoms with Gasteiger partial charge >= 0.3 is 0 Å². The molecular formula is C24H27N3O3S. The fourth-order valence-electron chi connectivity index (χ4n) is 2.97. The molecule has 162 valence electrons. The molecule has 0 radical (unpaired) electrons. The standard InChI is InChI=1S/C24H27N3O3S/c1-27(2)16-15-19-11-13-22(14-12-19)26-24(28)21-9-6-10-23(17-21)31(29,30)25-18-20-7-4-3-5-8-20/h3-14,17,25H,15-16,18H2,1-2H3,(H,26,28). The van der Waals surface area contributed by atoms with Crippen LogP contribution in [-0.2, 0) is 23.0 Å². The van der Waals surface area contributed by atoms with Crippen LogP contribution in [0.1, 0.15) is 21.5 Å². The summed E-state index contributed by atoms with van der Waals surface area (Å²) in [5.74, 6) is -0.360. The highest BCUT2D eigenvalue weighted by Crippen LogP contribution is 2.16. The zero-order valence-corrected chi connectivity index (χ0v) is 18.5. The SMILES string of the molecule is CN(C)CCc1ccc(NC(=O)c2cccc(S(=O)(=O)NCc3ccccc3)c2)cc1. The van der Waals surface area contributed by atoms with Crippen LogP contribution in [0.4, 0.5) is 5.69 Å². The van der Waals surface area contributed by atoms with Gasteiger partial charge in [0.15, 0.2) is 0 Å². The predicted molar refractivity (Wildman–Crippen MR) is 124 cm³/mol. The van der Waals surface area contributed by atoms with E-state index >= 15 is 0 Å². The van der Waals surface area contributed by atoms with E-state index < -0.39 is 10.0 Å². The number of sulfonamides is 1. The minimum Gasteiger partial charge on any atom is -0.322 e. The summed E-state index contributed by atoms with van der Waals surface area (Å²) in [7, 11) is 0.315. The molecule has 0 bridgehead atoms. The lowest BCUT2D eigenvalue weighted by atomic mass is 10.1. The summed E-state index contributed by atoms with van der Waals surface area (Å²) < 4.78 is 27.8. The number of benzene rings is 3. The summed E-state index contributed by atoms with van der Waals surface area (Å²) in [5, 5.41) is 2.82. The Kier molecular flexibility index (Phi) is 7.57. The van der Waals surface area contributed by atoms with Gasteiger partial charge in [-0.1, -0.05) is 48.5 Å². The van der Waals surface area contributed by atoms with Gasteiger partial charge in [0, 0.05) is 24.3 Å². The third-order valence-electron chi connectivity index (χ3n) is 4.78. The number of anilines is 1. The van der Waals surface area contributed by atoms with E-state index in [0.29, 0.717) is 5.69 Å². The van der Waals surface area contributed by atoms with Crippen LogP contribution in [0, 0.1) is 0 Å². The minimum atomic E-state index is -3.74. The van der Waals surface area contributed by atoms with Gasteiger partial charge in [-0.25, -0.2) is 13.1 Å². The molecule has 7 heteroatoms. The maximum atomic E-state index is 12.6. The summed E-state index contributed by atoms with van der Waals surface area (Å²) in [5.41, 5.74) is 2.98. The molecule has 0 atom stereocenters. The number of carbonyl (C=O) groups excluding carboxylic acids is 1. The molecule has 0 fully saturated rings. The van der Waals surface area contributed by atoms with Crippen LogP contribution in [0.3, 0.4) is 0 Å². The van der Waals surface area contributed by atoms with Crippen LogP contribution in [-0.4, -0.2) is 39.9 Å². The fourth-order valence-corrected chi connectivity index (χ4v) is 4.04. The van der Waals surface area contributed by atoms with Crippen LogP contribution in [0.15, 0.2) is 83.8 Å². The molecule has 3 aromatic carbocycles. The molecule has 2 N–H and O–H groups in total. The van der Waals surface area contributed by atoms with E-state index in [1.54, 1.807) is 12.1 Å². The largest absolute Gasteiger partial charge is 0.322 e. The molecule has 31 heavy (non-hydrogen) atoms. The molecule has 0 heterocycles. The van der Waals surface area contributed by atoms with Crippen LogP contribution in [0.5, 0.6) is 0 Å². The van der Waals surface area contributed by atoms with Gasteiger partial charge < -0.3 is 10.2 Å². The third kappa shape index (κ3) is 6.75. The Bertz CT molecular complexity index is 1110. The van der Waals surface area contributed by atoms with E-state index in [2.05, 4.69) is 14.9 Å². The first-order valence-electron chi connectivity index (χ1n) is 10.0. The van der Waals surface area contributed by atoms with Gasteiger partial charge in [-0.05, 0) is 62.0 Å². The first-order valence-corrected chi connectivity index (χ1v) is 11.5. The van der Waals surface area contributed by atoms with Crippen molar-refractivity contribution in [2.75, 3.05) is 26.0 Å². The Morgan fingerprint density at radius 2 is 1.58 bits per heavy atom. The van der Waals surface area contributed by atoms with Gasteiger partial charge in [0.25, 0.3) is 5.91 Å². The molecule has 6 nitrogen and oxygen atoms in total. The van der Waals surface area contributed by atoms with Gasteiger partial charge in [0.05, 0.1) is 4.90 Å². The smallest absolute Gasteiger partial charge is 0.255 e. The van der Waals surface area contributed by atoms with E-state index in [1.165, 1.54) is 17.7 Å². The third-order valence-corrected chi connectivity index (χ3v) is 6.17. The van der Waals surface area contributed by atoms with E-state index in [4.69, 9.17) is 0 Å². The molecule has 0 aliphatic rings. The number of carbonyl (C=O) groups is 1. The molecule has 3 aromatic rings. The molecule has 0 saturated heterocycles. The first-order chi connectivity index (χ1) is 14.8. The molecule has 0 aromatic heterocycles. The lowest BCUT2D eigenvalue weighted by Gasteiger charge is -2.11. The van der Waals surface area contributed by atoms with Gasteiger partial charge in [0.1, 0.15) is 0 Å². The highest BCUT2D eigenvalue weighted by Gasteiger charge is 2.16.